The Balaban J connectivity index is 2.13. The number of esters is 1. The molecule has 6 nitrogen and oxygen atoms in total. The molecule has 29 heavy (non-hydrogen) atoms. The van der Waals surface area contributed by atoms with Gasteiger partial charge in [-0.25, -0.2) is 0 Å². The third-order valence-electron chi connectivity index (χ3n) is 4.24. The molecule has 0 saturated carbocycles. The number of carbonyl (C=O) groups excluding carboxylic acids is 2. The van der Waals surface area contributed by atoms with Crippen LogP contribution in [-0.2, 0) is 20.9 Å². The molecule has 0 radical (unpaired) electrons. The molecule has 1 N–H and O–H groups in total. The number of nitrogens with zero attached hydrogens (tertiary/aromatic N) is 2. The van der Waals surface area contributed by atoms with E-state index in [1.165, 1.54) is 6.08 Å². The highest BCUT2D eigenvalue weighted by atomic mass is 35.5. The lowest BCUT2D eigenvalue weighted by molar-refractivity contribution is -0.143. The molecule has 7 heteroatoms. The highest BCUT2D eigenvalue weighted by molar-refractivity contribution is 6.31. The van der Waals surface area contributed by atoms with Crippen LogP contribution in [0.3, 0.4) is 0 Å². The molecule has 1 amide bonds. The molecule has 2 aromatic rings. The maximum absolute atomic E-state index is 12.5. The van der Waals surface area contributed by atoms with Gasteiger partial charge in [0.15, 0.2) is 0 Å². The van der Waals surface area contributed by atoms with Crippen molar-refractivity contribution >= 4 is 29.6 Å². The summed E-state index contributed by atoms with van der Waals surface area (Å²) in [6.07, 6.45) is 3.13. The van der Waals surface area contributed by atoms with E-state index in [4.69, 9.17) is 16.3 Å². The zero-order valence-corrected chi connectivity index (χ0v) is 18.1. The average molecular weight is 418 g/mol. The molecule has 0 bridgehead atoms. The Hall–Kier alpha value is -2.60. The molecule has 0 fully saturated rings. The third-order valence-corrected chi connectivity index (χ3v) is 4.64. The third kappa shape index (κ3) is 6.75. The highest BCUT2D eigenvalue weighted by Gasteiger charge is 2.18. The molecule has 0 aliphatic heterocycles. The monoisotopic (exact) mass is 417 g/mol. The van der Waals surface area contributed by atoms with Gasteiger partial charge in [-0.05, 0) is 31.4 Å². The van der Waals surface area contributed by atoms with Gasteiger partial charge < -0.3 is 10.1 Å². The standard InChI is InChI=1S/C22H28ClN3O3/c1-5-29-21(28)13-19(17-9-7-6-8-10-17)24-20(27)12-11-18-16(4)25-26(22(18)23)14-15(2)3/h6-12,15,19H,5,13-14H2,1-4H3,(H,24,27)/b12-11+. The van der Waals surface area contributed by atoms with Crippen molar-refractivity contribution in [2.75, 3.05) is 6.61 Å². The topological polar surface area (TPSA) is 73.2 Å². The Morgan fingerprint density at radius 2 is 1.97 bits per heavy atom. The van der Waals surface area contributed by atoms with Crippen LogP contribution < -0.4 is 5.32 Å². The van der Waals surface area contributed by atoms with Gasteiger partial charge in [0.25, 0.3) is 0 Å². The lowest BCUT2D eigenvalue weighted by Gasteiger charge is -2.17. The van der Waals surface area contributed by atoms with E-state index in [9.17, 15) is 9.59 Å². The number of hydrogen-bond acceptors (Lipinski definition) is 4. The fourth-order valence-corrected chi connectivity index (χ4v) is 3.23. The Morgan fingerprint density at radius 1 is 1.28 bits per heavy atom. The minimum absolute atomic E-state index is 0.0591. The van der Waals surface area contributed by atoms with Crippen LogP contribution in [0, 0.1) is 12.8 Å². The van der Waals surface area contributed by atoms with E-state index in [0.717, 1.165) is 11.3 Å². The average Bonchev–Trinajstić information content (AvgIpc) is 2.93. The number of aryl methyl sites for hydroxylation is 1. The van der Waals surface area contributed by atoms with Crippen molar-refractivity contribution in [3.63, 3.8) is 0 Å². The zero-order chi connectivity index (χ0) is 21.4. The van der Waals surface area contributed by atoms with Crippen LogP contribution in [-0.4, -0.2) is 28.3 Å². The molecular weight excluding hydrogens is 390 g/mol. The van der Waals surface area contributed by atoms with Gasteiger partial charge >= 0.3 is 5.97 Å². The van der Waals surface area contributed by atoms with Crippen LogP contribution in [0.1, 0.15) is 50.1 Å². The molecule has 1 heterocycles. The molecule has 0 saturated heterocycles. The van der Waals surface area contributed by atoms with Crippen LogP contribution >= 0.6 is 11.6 Å². The van der Waals surface area contributed by atoms with Gasteiger partial charge in [-0.3, -0.25) is 14.3 Å². The van der Waals surface area contributed by atoms with E-state index in [1.54, 1.807) is 17.7 Å². The lowest BCUT2D eigenvalue weighted by Crippen LogP contribution is -2.29. The quantitative estimate of drug-likeness (QED) is 0.487. The Labute approximate surface area is 176 Å². The number of carbonyl (C=O) groups is 2. The number of aromatic nitrogens is 2. The number of halogens is 1. The molecule has 1 atom stereocenters. The molecule has 0 aliphatic carbocycles. The van der Waals surface area contributed by atoms with Crippen molar-refractivity contribution in [3.8, 4) is 0 Å². The van der Waals surface area contributed by atoms with Crippen LogP contribution in [0.15, 0.2) is 36.4 Å². The summed E-state index contributed by atoms with van der Waals surface area (Å²) in [5.41, 5.74) is 2.30. The molecule has 0 aliphatic rings. The second kappa shape index (κ2) is 10.8. The highest BCUT2D eigenvalue weighted by Crippen LogP contribution is 2.22. The van der Waals surface area contributed by atoms with Gasteiger partial charge in [-0.1, -0.05) is 55.8 Å². The van der Waals surface area contributed by atoms with Crippen LogP contribution in [0.2, 0.25) is 5.15 Å². The minimum Gasteiger partial charge on any atom is -0.466 e. The van der Waals surface area contributed by atoms with Crippen molar-refractivity contribution in [1.29, 1.82) is 0 Å². The molecule has 1 aromatic carbocycles. The van der Waals surface area contributed by atoms with E-state index >= 15 is 0 Å². The Kier molecular flexibility index (Phi) is 8.46. The van der Waals surface area contributed by atoms with Crippen molar-refractivity contribution in [2.45, 2.75) is 46.7 Å². The van der Waals surface area contributed by atoms with Gasteiger partial charge in [-0.15, -0.1) is 0 Å². The van der Waals surface area contributed by atoms with Gasteiger partial charge in [0.2, 0.25) is 5.91 Å². The predicted molar refractivity (Wildman–Crippen MR) is 114 cm³/mol. The molecular formula is C22H28ClN3O3. The first-order valence-electron chi connectivity index (χ1n) is 9.73. The number of rotatable bonds is 9. The summed E-state index contributed by atoms with van der Waals surface area (Å²) in [6.45, 7) is 8.78. The number of amides is 1. The van der Waals surface area contributed by atoms with Crippen LogP contribution in [0.5, 0.6) is 0 Å². The molecule has 156 valence electrons. The van der Waals surface area contributed by atoms with Crippen molar-refractivity contribution in [2.24, 2.45) is 5.92 Å². The fourth-order valence-electron chi connectivity index (χ4n) is 2.93. The molecule has 0 spiro atoms. The lowest BCUT2D eigenvalue weighted by atomic mass is 10.0. The Bertz CT molecular complexity index is 860. The summed E-state index contributed by atoms with van der Waals surface area (Å²) in [7, 11) is 0. The van der Waals surface area contributed by atoms with E-state index < -0.39 is 6.04 Å². The fraction of sp³-hybridized carbons (Fsp3) is 0.409. The normalized spacial score (nSPS) is 12.3. The SMILES string of the molecule is CCOC(=O)CC(NC(=O)/C=C/c1c(C)nn(CC(C)C)c1Cl)c1ccccc1. The smallest absolute Gasteiger partial charge is 0.308 e. The molecule has 2 rings (SSSR count). The van der Waals surface area contributed by atoms with Gasteiger partial charge in [-0.2, -0.15) is 5.10 Å². The van der Waals surface area contributed by atoms with E-state index in [0.29, 0.717) is 29.8 Å². The summed E-state index contributed by atoms with van der Waals surface area (Å²) < 4.78 is 6.78. The maximum Gasteiger partial charge on any atom is 0.308 e. The van der Waals surface area contributed by atoms with Crippen molar-refractivity contribution in [3.05, 3.63) is 58.4 Å². The van der Waals surface area contributed by atoms with Crippen molar-refractivity contribution < 1.29 is 14.3 Å². The first-order chi connectivity index (χ1) is 13.8. The number of ether oxygens (including phenoxy) is 1. The van der Waals surface area contributed by atoms with Crippen molar-refractivity contribution in [1.82, 2.24) is 15.1 Å². The number of hydrogen-bond donors (Lipinski definition) is 1. The first kappa shape index (κ1) is 22.7. The maximum atomic E-state index is 12.5. The predicted octanol–water partition coefficient (Wildman–Crippen LogP) is 4.32. The Morgan fingerprint density at radius 3 is 2.59 bits per heavy atom. The summed E-state index contributed by atoms with van der Waals surface area (Å²) in [5, 5.41) is 7.82. The summed E-state index contributed by atoms with van der Waals surface area (Å²) in [5.74, 6) is -0.281. The second-order valence-electron chi connectivity index (χ2n) is 7.18. The summed E-state index contributed by atoms with van der Waals surface area (Å²) in [4.78, 5) is 24.5. The van der Waals surface area contributed by atoms with Gasteiger partial charge in [0.05, 0.1) is 24.8 Å². The van der Waals surface area contributed by atoms with E-state index in [1.807, 2.05) is 37.3 Å². The largest absolute Gasteiger partial charge is 0.466 e. The molecule has 1 unspecified atom stereocenters. The van der Waals surface area contributed by atoms with E-state index in [-0.39, 0.29) is 18.3 Å². The van der Waals surface area contributed by atoms with E-state index in [2.05, 4.69) is 24.3 Å². The van der Waals surface area contributed by atoms with Gasteiger partial charge in [0.1, 0.15) is 5.15 Å². The second-order valence-corrected chi connectivity index (χ2v) is 7.54. The minimum atomic E-state index is -0.479. The van der Waals surface area contributed by atoms with Gasteiger partial charge in [0, 0.05) is 18.2 Å². The number of nitrogens with one attached hydrogen (secondary N) is 1. The van der Waals surface area contributed by atoms with Crippen LogP contribution in [0.4, 0.5) is 0 Å². The summed E-state index contributed by atoms with van der Waals surface area (Å²) >= 11 is 6.42. The molecule has 1 aromatic heterocycles. The van der Waals surface area contributed by atoms with Crippen LogP contribution in [0.25, 0.3) is 6.08 Å². The zero-order valence-electron chi connectivity index (χ0n) is 17.3. The number of benzene rings is 1. The first-order valence-corrected chi connectivity index (χ1v) is 10.1. The summed E-state index contributed by atoms with van der Waals surface area (Å²) in [6, 6.07) is 8.86.